The first kappa shape index (κ1) is 10.7. The van der Waals surface area contributed by atoms with Gasteiger partial charge in [-0.2, -0.15) is 0 Å². The zero-order chi connectivity index (χ0) is 8.36. The molecule has 1 nitrogen and oxygen atoms in total. The molecule has 0 radical (unpaired) electrons. The van der Waals surface area contributed by atoms with Crippen LogP contribution < -0.4 is 0 Å². The predicted molar refractivity (Wildman–Crippen MR) is 49.8 cm³/mol. The molecule has 0 heterocycles. The summed E-state index contributed by atoms with van der Waals surface area (Å²) >= 11 is 0. The molecule has 0 saturated heterocycles. The van der Waals surface area contributed by atoms with Crippen LogP contribution in [0.15, 0.2) is 12.2 Å². The molecule has 0 fully saturated rings. The molecule has 0 aromatic carbocycles. The van der Waals surface area contributed by atoms with Crippen molar-refractivity contribution in [2.75, 3.05) is 13.7 Å². The molecule has 11 heavy (non-hydrogen) atoms. The highest BCUT2D eigenvalue weighted by atomic mass is 16.5. The third-order valence-electron chi connectivity index (χ3n) is 1.65. The van der Waals surface area contributed by atoms with Gasteiger partial charge in [-0.15, -0.1) is 0 Å². The van der Waals surface area contributed by atoms with Crippen molar-refractivity contribution < 1.29 is 4.74 Å². The molecule has 0 unspecified atom stereocenters. The number of unbranched alkanes of at least 4 members (excludes halogenated alkanes) is 4. The van der Waals surface area contributed by atoms with Crippen molar-refractivity contribution in [1.82, 2.24) is 0 Å². The van der Waals surface area contributed by atoms with Crippen molar-refractivity contribution in [3.63, 3.8) is 0 Å². The molecule has 0 spiro atoms. The Labute approximate surface area is 70.4 Å². The van der Waals surface area contributed by atoms with Crippen LogP contribution in [0.4, 0.5) is 0 Å². The van der Waals surface area contributed by atoms with Gasteiger partial charge in [0.15, 0.2) is 0 Å². The Morgan fingerprint density at radius 3 is 2.55 bits per heavy atom. The molecule has 0 N–H and O–H groups in total. The highest BCUT2D eigenvalue weighted by Crippen LogP contribution is 2.02. The maximum absolute atomic E-state index is 4.88. The van der Waals surface area contributed by atoms with Crippen LogP contribution in [0.2, 0.25) is 0 Å². The van der Waals surface area contributed by atoms with Gasteiger partial charge in [0.1, 0.15) is 0 Å². The molecule has 0 bridgehead atoms. The summed E-state index contributed by atoms with van der Waals surface area (Å²) in [5.74, 6) is 0. The molecule has 0 aliphatic rings. The van der Waals surface area contributed by atoms with E-state index >= 15 is 0 Å². The van der Waals surface area contributed by atoms with E-state index in [9.17, 15) is 0 Å². The van der Waals surface area contributed by atoms with Crippen LogP contribution in [-0.2, 0) is 4.74 Å². The van der Waals surface area contributed by atoms with E-state index in [0.717, 1.165) is 6.61 Å². The summed E-state index contributed by atoms with van der Waals surface area (Å²) in [6.07, 6.45) is 10.9. The number of ether oxygens (including phenoxy) is 1. The van der Waals surface area contributed by atoms with Crippen molar-refractivity contribution in [2.24, 2.45) is 0 Å². The zero-order valence-corrected chi connectivity index (χ0v) is 7.81. The maximum Gasteiger partial charge on any atom is 0.0643 e. The smallest absolute Gasteiger partial charge is 0.0643 e. The van der Waals surface area contributed by atoms with Crippen molar-refractivity contribution in [1.29, 1.82) is 0 Å². The van der Waals surface area contributed by atoms with E-state index in [-0.39, 0.29) is 0 Å². The first-order valence-electron chi connectivity index (χ1n) is 4.55. The summed E-state index contributed by atoms with van der Waals surface area (Å²) in [7, 11) is 1.72. The lowest BCUT2D eigenvalue weighted by Gasteiger charge is -1.93. The largest absolute Gasteiger partial charge is 0.381 e. The van der Waals surface area contributed by atoms with Crippen LogP contribution in [0.5, 0.6) is 0 Å². The first-order chi connectivity index (χ1) is 5.41. The fourth-order valence-corrected chi connectivity index (χ4v) is 0.971. The van der Waals surface area contributed by atoms with Gasteiger partial charge in [-0.25, -0.2) is 0 Å². The van der Waals surface area contributed by atoms with Gasteiger partial charge < -0.3 is 4.74 Å². The second-order valence-electron chi connectivity index (χ2n) is 2.78. The van der Waals surface area contributed by atoms with Crippen molar-refractivity contribution in [3.05, 3.63) is 12.2 Å². The lowest BCUT2D eigenvalue weighted by molar-refractivity contribution is 0.233. The molecule has 1 heteroatoms. The van der Waals surface area contributed by atoms with Crippen LogP contribution >= 0.6 is 0 Å². The summed E-state index contributed by atoms with van der Waals surface area (Å²) in [4.78, 5) is 0. The van der Waals surface area contributed by atoms with E-state index in [0.29, 0.717) is 0 Å². The zero-order valence-electron chi connectivity index (χ0n) is 7.81. The first-order valence-corrected chi connectivity index (χ1v) is 4.55. The molecule has 0 atom stereocenters. The fourth-order valence-electron chi connectivity index (χ4n) is 0.971. The van der Waals surface area contributed by atoms with Gasteiger partial charge in [0.2, 0.25) is 0 Å². The van der Waals surface area contributed by atoms with E-state index in [2.05, 4.69) is 19.1 Å². The second kappa shape index (κ2) is 9.70. The Morgan fingerprint density at radius 2 is 1.91 bits per heavy atom. The minimum absolute atomic E-state index is 0.758. The van der Waals surface area contributed by atoms with Crippen LogP contribution in [-0.4, -0.2) is 13.7 Å². The second-order valence-corrected chi connectivity index (χ2v) is 2.78. The average Bonchev–Trinajstić information content (AvgIpc) is 2.03. The van der Waals surface area contributed by atoms with Gasteiger partial charge in [-0.3, -0.25) is 0 Å². The van der Waals surface area contributed by atoms with E-state index in [1.807, 2.05) is 0 Å². The van der Waals surface area contributed by atoms with Crippen molar-refractivity contribution in [3.8, 4) is 0 Å². The van der Waals surface area contributed by atoms with E-state index in [1.165, 1.54) is 32.1 Å². The Bertz CT molecular complexity index is 86.9. The van der Waals surface area contributed by atoms with Crippen LogP contribution in [0.3, 0.4) is 0 Å². The molecular weight excluding hydrogens is 136 g/mol. The number of allylic oxidation sites excluding steroid dienone is 1. The molecule has 0 aromatic heterocycles. The van der Waals surface area contributed by atoms with Gasteiger partial charge in [-0.1, -0.05) is 38.3 Å². The summed E-state index contributed by atoms with van der Waals surface area (Å²) in [5, 5.41) is 0. The van der Waals surface area contributed by atoms with Crippen LogP contribution in [0.25, 0.3) is 0 Å². The molecule has 0 aliphatic carbocycles. The van der Waals surface area contributed by atoms with Gasteiger partial charge in [0.25, 0.3) is 0 Å². The minimum Gasteiger partial charge on any atom is -0.381 e. The summed E-state index contributed by atoms with van der Waals surface area (Å²) in [5.41, 5.74) is 0. The Kier molecular flexibility index (Phi) is 9.44. The third-order valence-corrected chi connectivity index (χ3v) is 1.65. The summed E-state index contributed by atoms with van der Waals surface area (Å²) < 4.78 is 4.88. The molecule has 0 saturated carbocycles. The highest BCUT2D eigenvalue weighted by Gasteiger charge is 1.83. The molecule has 66 valence electrons. The monoisotopic (exact) mass is 156 g/mol. The molecule has 0 aromatic rings. The highest BCUT2D eigenvalue weighted by molar-refractivity contribution is 4.80. The molecule has 0 aliphatic heterocycles. The van der Waals surface area contributed by atoms with E-state index < -0.39 is 0 Å². The standard InChI is InChI=1S/C10H20O/c1-3-4-5-6-7-8-9-10-11-2/h8-9H,3-7,10H2,1-2H3/b9-8-. The Morgan fingerprint density at radius 1 is 1.09 bits per heavy atom. The number of hydrogen-bond acceptors (Lipinski definition) is 1. The van der Waals surface area contributed by atoms with Crippen molar-refractivity contribution in [2.45, 2.75) is 39.0 Å². The predicted octanol–water partition coefficient (Wildman–Crippen LogP) is 3.16. The van der Waals surface area contributed by atoms with Gasteiger partial charge >= 0.3 is 0 Å². The number of hydrogen-bond donors (Lipinski definition) is 0. The third kappa shape index (κ3) is 9.70. The maximum atomic E-state index is 4.88. The van der Waals surface area contributed by atoms with Gasteiger partial charge in [0, 0.05) is 7.11 Å². The number of methoxy groups -OCH3 is 1. The summed E-state index contributed by atoms with van der Waals surface area (Å²) in [6, 6.07) is 0. The summed E-state index contributed by atoms with van der Waals surface area (Å²) in [6.45, 7) is 2.99. The quantitative estimate of drug-likeness (QED) is 0.406. The Hall–Kier alpha value is -0.300. The SMILES string of the molecule is CCCCCC/C=C\COC. The number of rotatable bonds is 7. The normalized spacial score (nSPS) is 11.1. The minimum atomic E-state index is 0.758. The lowest BCUT2D eigenvalue weighted by atomic mass is 10.1. The van der Waals surface area contributed by atoms with Gasteiger partial charge in [-0.05, 0) is 12.8 Å². The average molecular weight is 156 g/mol. The van der Waals surface area contributed by atoms with Crippen LogP contribution in [0.1, 0.15) is 39.0 Å². The molecule has 0 rings (SSSR count). The fraction of sp³-hybridized carbons (Fsp3) is 0.800. The molecular formula is C10H20O. The van der Waals surface area contributed by atoms with Gasteiger partial charge in [0.05, 0.1) is 6.61 Å². The molecule has 0 amide bonds. The Balaban J connectivity index is 2.89. The lowest BCUT2D eigenvalue weighted by Crippen LogP contribution is -1.80. The van der Waals surface area contributed by atoms with E-state index in [4.69, 9.17) is 4.74 Å². The van der Waals surface area contributed by atoms with E-state index in [1.54, 1.807) is 7.11 Å². The topological polar surface area (TPSA) is 9.23 Å². The van der Waals surface area contributed by atoms with Crippen molar-refractivity contribution >= 4 is 0 Å². The van der Waals surface area contributed by atoms with Crippen LogP contribution in [0, 0.1) is 0 Å².